The van der Waals surface area contributed by atoms with Crippen LogP contribution in [0.4, 0.5) is 0 Å². The minimum Gasteiger partial charge on any atom is -0.368 e. The molecule has 1 fully saturated rings. The van der Waals surface area contributed by atoms with Crippen LogP contribution in [0.3, 0.4) is 0 Å². The summed E-state index contributed by atoms with van der Waals surface area (Å²) in [6, 6.07) is 33.2. The lowest BCUT2D eigenvalue weighted by atomic mass is 9.84. The summed E-state index contributed by atoms with van der Waals surface area (Å²) >= 11 is 0. The topological polar surface area (TPSA) is 274 Å². The second kappa shape index (κ2) is 27.1. The Morgan fingerprint density at radius 1 is 0.584 bits per heavy atom. The van der Waals surface area contributed by atoms with Crippen molar-refractivity contribution in [1.82, 2.24) is 41.1 Å². The van der Waals surface area contributed by atoms with Gasteiger partial charge < -0.3 is 53.3 Å². The molecule has 17 nitrogen and oxygen atoms in total. The Hall–Kier alpha value is -8.15. The molecule has 2 aromatic heterocycles. The monoisotopic (exact) mass is 1040 g/mol. The standard InChI is InChI=1S/C60H71N11O6/c61-29-15-27-48(62)56(73)67-54(33-44-35-64-49-28-13-12-26-47(44)49)60(77)69-52(31-40-18-6-2-7-19-40)58(75)70-53(32-43-24-14-23-42-22-10-11-25-46(42)43)59(76)68-51(30-39-16-4-1-5-17-39)57(74)66-50(55(63)72)34-45-37-71(38-65-45)36-41-20-8-3-9-21-41/h1,3-5,8-14,16-17,20-26,28,35,37-38,40,48,50-54,64H,2,6-7,15,18-19,27,29-34,36,61-62H2,(H2,63,72)(H,66,74)(H,67,73)(H,68,76)(H,69,77)(H,70,75)/t48-,50-,51+,52-,53-,54+/m0/s1. The van der Waals surface area contributed by atoms with E-state index in [0.29, 0.717) is 31.6 Å². The van der Waals surface area contributed by atoms with Gasteiger partial charge in [-0.3, -0.25) is 28.8 Å². The first-order valence-corrected chi connectivity index (χ1v) is 26.8. The maximum absolute atomic E-state index is 15.1. The number of para-hydroxylation sites is 1. The quantitative estimate of drug-likeness (QED) is 0.0361. The molecule has 7 aromatic rings. The lowest BCUT2D eigenvalue weighted by molar-refractivity contribution is -0.135. The maximum atomic E-state index is 15.1. The predicted octanol–water partition coefficient (Wildman–Crippen LogP) is 4.78. The van der Waals surface area contributed by atoms with E-state index < -0.39 is 71.7 Å². The number of nitrogens with one attached hydrogen (secondary N) is 6. The number of primary amides is 1. The molecule has 6 amide bonds. The third-order valence-electron chi connectivity index (χ3n) is 14.5. The predicted molar refractivity (Wildman–Crippen MR) is 298 cm³/mol. The van der Waals surface area contributed by atoms with Crippen molar-refractivity contribution in [2.45, 2.75) is 120 Å². The SMILES string of the molecule is NCCC[C@H](N)C(=O)N[C@H](Cc1c[nH]c2ccccc12)C(=O)N[C@@H](CC1CCCCC1)C(=O)N[C@@H](Cc1cccc2ccccc12)C(=O)N[C@H](Cc1ccccc1)C(=O)N[C@@H](Cc1cn(Cc2ccccc2)cn1)C(N)=O. The summed E-state index contributed by atoms with van der Waals surface area (Å²) in [6.45, 7) is 0.893. The number of aromatic amines is 1. The van der Waals surface area contributed by atoms with E-state index in [0.717, 1.165) is 76.0 Å². The first kappa shape index (κ1) is 55.1. The smallest absolute Gasteiger partial charge is 0.243 e. The zero-order valence-corrected chi connectivity index (χ0v) is 43.4. The van der Waals surface area contributed by atoms with Crippen molar-refractivity contribution < 1.29 is 28.8 Å². The van der Waals surface area contributed by atoms with Gasteiger partial charge in [-0.25, -0.2) is 4.98 Å². The normalized spacial score (nSPS) is 15.1. The Morgan fingerprint density at radius 2 is 1.14 bits per heavy atom. The van der Waals surface area contributed by atoms with Gasteiger partial charge >= 0.3 is 0 Å². The first-order chi connectivity index (χ1) is 37.4. The number of rotatable bonds is 26. The van der Waals surface area contributed by atoms with E-state index >= 15 is 9.59 Å². The van der Waals surface area contributed by atoms with Crippen LogP contribution in [0.2, 0.25) is 0 Å². The van der Waals surface area contributed by atoms with Crippen molar-refractivity contribution in [2.75, 3.05) is 6.54 Å². The molecule has 6 atom stereocenters. The fourth-order valence-corrected chi connectivity index (χ4v) is 10.3. The van der Waals surface area contributed by atoms with Gasteiger partial charge in [0.1, 0.15) is 30.2 Å². The molecule has 402 valence electrons. The van der Waals surface area contributed by atoms with Crippen molar-refractivity contribution in [3.8, 4) is 0 Å². The average molecular weight is 1040 g/mol. The van der Waals surface area contributed by atoms with Gasteiger partial charge in [-0.05, 0) is 70.8 Å². The molecule has 1 aliphatic carbocycles. The molecule has 0 bridgehead atoms. The molecule has 5 aromatic carbocycles. The number of fused-ring (bicyclic) bond motifs is 2. The van der Waals surface area contributed by atoms with Crippen LogP contribution in [0.25, 0.3) is 21.7 Å². The van der Waals surface area contributed by atoms with Crippen molar-refractivity contribution in [3.63, 3.8) is 0 Å². The number of hydrogen-bond donors (Lipinski definition) is 9. The number of amides is 6. The number of imidazole rings is 1. The first-order valence-electron chi connectivity index (χ1n) is 26.8. The Labute approximate surface area is 448 Å². The van der Waals surface area contributed by atoms with E-state index in [1.807, 2.05) is 132 Å². The van der Waals surface area contributed by atoms with Gasteiger partial charge in [0.15, 0.2) is 0 Å². The number of nitrogens with zero attached hydrogens (tertiary/aromatic N) is 2. The molecule has 8 rings (SSSR count). The molecular formula is C60H71N11O6. The highest BCUT2D eigenvalue weighted by Crippen LogP contribution is 2.28. The Balaban J connectivity index is 1.07. The lowest BCUT2D eigenvalue weighted by Gasteiger charge is -2.30. The fraction of sp³-hybridized carbons (Fsp3) is 0.350. The number of carbonyl (C=O) groups excluding carboxylic acids is 6. The Kier molecular flexibility index (Phi) is 19.4. The van der Waals surface area contributed by atoms with Gasteiger partial charge in [0.05, 0.1) is 18.1 Å². The molecule has 17 heteroatoms. The summed E-state index contributed by atoms with van der Waals surface area (Å²) in [5, 5.41) is 17.3. The van der Waals surface area contributed by atoms with E-state index in [9.17, 15) is 19.2 Å². The van der Waals surface area contributed by atoms with Crippen molar-refractivity contribution in [2.24, 2.45) is 23.1 Å². The minimum absolute atomic E-state index is 0.00383. The van der Waals surface area contributed by atoms with Gasteiger partial charge in [0, 0.05) is 55.5 Å². The number of H-pyrrole nitrogens is 1. The highest BCUT2D eigenvalue weighted by Gasteiger charge is 2.35. The molecule has 0 unspecified atom stereocenters. The minimum atomic E-state index is -1.27. The largest absolute Gasteiger partial charge is 0.368 e. The van der Waals surface area contributed by atoms with Gasteiger partial charge in [-0.1, -0.05) is 153 Å². The number of aromatic nitrogens is 3. The third kappa shape index (κ3) is 15.5. The van der Waals surface area contributed by atoms with Crippen LogP contribution < -0.4 is 43.8 Å². The van der Waals surface area contributed by atoms with Crippen LogP contribution >= 0.6 is 0 Å². The van der Waals surface area contributed by atoms with Crippen LogP contribution in [0, 0.1) is 5.92 Å². The summed E-state index contributed by atoms with van der Waals surface area (Å²) in [5.41, 5.74) is 22.7. The van der Waals surface area contributed by atoms with Gasteiger partial charge in [-0.15, -0.1) is 0 Å². The van der Waals surface area contributed by atoms with Crippen LogP contribution in [0.15, 0.2) is 146 Å². The number of hydrogen-bond acceptors (Lipinski definition) is 9. The molecule has 0 radical (unpaired) electrons. The van der Waals surface area contributed by atoms with Gasteiger partial charge in [-0.2, -0.15) is 0 Å². The number of carbonyl (C=O) groups is 6. The zero-order chi connectivity index (χ0) is 54.1. The molecule has 77 heavy (non-hydrogen) atoms. The maximum Gasteiger partial charge on any atom is 0.243 e. The molecule has 12 N–H and O–H groups in total. The number of nitrogens with two attached hydrogens (primary N) is 3. The fourth-order valence-electron chi connectivity index (χ4n) is 10.3. The van der Waals surface area contributed by atoms with E-state index in [2.05, 4.69) is 36.6 Å². The average Bonchev–Trinajstić information content (AvgIpc) is 4.08. The summed E-state index contributed by atoms with van der Waals surface area (Å²) < 4.78 is 1.88. The summed E-state index contributed by atoms with van der Waals surface area (Å²) in [6.07, 6.45) is 11.2. The zero-order valence-electron chi connectivity index (χ0n) is 43.4. The second-order valence-electron chi connectivity index (χ2n) is 20.3. The molecule has 1 saturated carbocycles. The van der Waals surface area contributed by atoms with Crippen molar-refractivity contribution >= 4 is 57.1 Å². The van der Waals surface area contributed by atoms with Gasteiger partial charge in [0.25, 0.3) is 0 Å². The molecule has 0 aliphatic heterocycles. The van der Waals surface area contributed by atoms with Crippen molar-refractivity contribution in [1.29, 1.82) is 0 Å². The summed E-state index contributed by atoms with van der Waals surface area (Å²) in [7, 11) is 0. The van der Waals surface area contributed by atoms with E-state index in [4.69, 9.17) is 17.2 Å². The van der Waals surface area contributed by atoms with E-state index in [1.54, 1.807) is 18.7 Å². The van der Waals surface area contributed by atoms with Crippen LogP contribution in [0.5, 0.6) is 0 Å². The second-order valence-corrected chi connectivity index (χ2v) is 20.3. The van der Waals surface area contributed by atoms with Gasteiger partial charge in [0.2, 0.25) is 35.4 Å². The highest BCUT2D eigenvalue weighted by atomic mass is 16.2. The van der Waals surface area contributed by atoms with Crippen molar-refractivity contribution in [3.05, 3.63) is 174 Å². The summed E-state index contributed by atoms with van der Waals surface area (Å²) in [4.78, 5) is 93.9. The third-order valence-corrected chi connectivity index (χ3v) is 14.5. The lowest BCUT2D eigenvalue weighted by Crippen LogP contribution is -2.60. The summed E-state index contributed by atoms with van der Waals surface area (Å²) in [5.74, 6) is -3.76. The highest BCUT2D eigenvalue weighted by molar-refractivity contribution is 5.98. The Bertz CT molecular complexity index is 3090. The molecule has 0 spiro atoms. The van der Waals surface area contributed by atoms with Crippen LogP contribution in [0.1, 0.15) is 79.3 Å². The molecule has 0 saturated heterocycles. The molecule has 2 heterocycles. The van der Waals surface area contributed by atoms with Crippen LogP contribution in [-0.4, -0.2) is 92.8 Å². The number of benzene rings is 5. The van der Waals surface area contributed by atoms with E-state index in [1.165, 1.54) is 0 Å². The molecular weight excluding hydrogens is 971 g/mol. The molecule has 1 aliphatic rings. The van der Waals surface area contributed by atoms with Crippen LogP contribution in [-0.2, 0) is 61.0 Å². The Morgan fingerprint density at radius 3 is 1.83 bits per heavy atom. The van der Waals surface area contributed by atoms with E-state index in [-0.39, 0.29) is 38.0 Å².